The largest absolute Gasteiger partial charge is 0.422 e. The zero-order valence-corrected chi connectivity index (χ0v) is 18.4. The molecule has 1 N–H and O–H groups in total. The Bertz CT molecular complexity index is 1320. The standard InChI is InChI=1S/C22H12Cl2INO3/c23-18-8-5-13(25)10-17(18)21(27)26-14-6-7-15(19(24)11-14)16-9-12-3-1-2-4-20(12)29-22(16)28/h1-11H,(H,26,27). The molecule has 0 aliphatic carbocycles. The number of para-hydroxylation sites is 1. The van der Waals surface area contributed by atoms with E-state index in [1.165, 1.54) is 0 Å². The van der Waals surface area contributed by atoms with Crippen molar-refractivity contribution in [3.63, 3.8) is 0 Å². The van der Waals surface area contributed by atoms with Gasteiger partial charge in [-0.3, -0.25) is 4.79 Å². The van der Waals surface area contributed by atoms with Gasteiger partial charge in [0.25, 0.3) is 5.91 Å². The molecule has 1 amide bonds. The van der Waals surface area contributed by atoms with Crippen molar-refractivity contribution in [3.8, 4) is 11.1 Å². The third kappa shape index (κ3) is 4.17. The molecule has 0 saturated carbocycles. The van der Waals surface area contributed by atoms with Crippen LogP contribution < -0.4 is 10.9 Å². The number of hydrogen-bond acceptors (Lipinski definition) is 3. The molecule has 1 heterocycles. The van der Waals surface area contributed by atoms with Crippen molar-refractivity contribution in [2.45, 2.75) is 0 Å². The van der Waals surface area contributed by atoms with Gasteiger partial charge in [-0.15, -0.1) is 0 Å². The van der Waals surface area contributed by atoms with Crippen LogP contribution in [0.4, 0.5) is 5.69 Å². The molecule has 0 aliphatic heterocycles. The second-order valence-corrected chi connectivity index (χ2v) is 8.32. The molecule has 0 radical (unpaired) electrons. The van der Waals surface area contributed by atoms with Crippen LogP contribution in [0.1, 0.15) is 10.4 Å². The summed E-state index contributed by atoms with van der Waals surface area (Å²) < 4.78 is 6.28. The summed E-state index contributed by atoms with van der Waals surface area (Å²) in [6.45, 7) is 0. The lowest BCUT2D eigenvalue weighted by Gasteiger charge is -2.10. The molecule has 0 fully saturated rings. The van der Waals surface area contributed by atoms with Crippen molar-refractivity contribution in [3.05, 3.63) is 96.3 Å². The minimum absolute atomic E-state index is 0.319. The van der Waals surface area contributed by atoms with E-state index in [9.17, 15) is 9.59 Å². The average molecular weight is 536 g/mol. The number of anilines is 1. The number of nitrogens with one attached hydrogen (secondary N) is 1. The molecule has 0 bridgehead atoms. The van der Waals surface area contributed by atoms with Crippen molar-refractivity contribution in [1.82, 2.24) is 0 Å². The van der Waals surface area contributed by atoms with Crippen LogP contribution >= 0.6 is 45.8 Å². The lowest BCUT2D eigenvalue weighted by atomic mass is 10.1. The summed E-state index contributed by atoms with van der Waals surface area (Å²) in [6.07, 6.45) is 0. The Morgan fingerprint density at radius 1 is 0.897 bits per heavy atom. The van der Waals surface area contributed by atoms with Crippen LogP contribution in [0.25, 0.3) is 22.1 Å². The van der Waals surface area contributed by atoms with Gasteiger partial charge in [0.1, 0.15) is 5.58 Å². The first-order chi connectivity index (χ1) is 13.9. The Kier molecular flexibility index (Phi) is 5.63. The molecule has 0 spiro atoms. The molecule has 0 aliphatic rings. The maximum atomic E-state index is 12.5. The third-order valence-corrected chi connectivity index (χ3v) is 5.64. The summed E-state index contributed by atoms with van der Waals surface area (Å²) in [4.78, 5) is 24.9. The highest BCUT2D eigenvalue weighted by molar-refractivity contribution is 14.1. The summed E-state index contributed by atoms with van der Waals surface area (Å²) in [5.74, 6) is -0.345. The van der Waals surface area contributed by atoms with Gasteiger partial charge in [-0.1, -0.05) is 47.5 Å². The topological polar surface area (TPSA) is 59.3 Å². The van der Waals surface area contributed by atoms with Crippen molar-refractivity contribution in [1.29, 1.82) is 0 Å². The molecule has 29 heavy (non-hydrogen) atoms. The van der Waals surface area contributed by atoms with Gasteiger partial charge in [-0.2, -0.15) is 0 Å². The molecule has 3 aromatic carbocycles. The van der Waals surface area contributed by atoms with Gasteiger partial charge in [0.2, 0.25) is 0 Å². The van der Waals surface area contributed by atoms with E-state index in [2.05, 4.69) is 27.9 Å². The lowest BCUT2D eigenvalue weighted by Crippen LogP contribution is -2.13. The van der Waals surface area contributed by atoms with Crippen LogP contribution in [-0.2, 0) is 0 Å². The van der Waals surface area contributed by atoms with Crippen molar-refractivity contribution in [2.24, 2.45) is 0 Å². The normalized spacial score (nSPS) is 10.9. The Morgan fingerprint density at radius 3 is 2.48 bits per heavy atom. The molecule has 4 aromatic rings. The summed E-state index contributed by atoms with van der Waals surface area (Å²) in [7, 11) is 0. The number of fused-ring (bicyclic) bond motifs is 1. The van der Waals surface area contributed by atoms with E-state index >= 15 is 0 Å². The highest BCUT2D eigenvalue weighted by Gasteiger charge is 2.14. The lowest BCUT2D eigenvalue weighted by molar-refractivity contribution is 0.102. The summed E-state index contributed by atoms with van der Waals surface area (Å²) >= 11 is 14.7. The van der Waals surface area contributed by atoms with Crippen LogP contribution in [0, 0.1) is 3.57 Å². The SMILES string of the molecule is O=C(Nc1ccc(-c2cc3ccccc3oc2=O)c(Cl)c1)c1cc(I)ccc1Cl. The summed E-state index contributed by atoms with van der Waals surface area (Å²) in [5, 5.41) is 4.25. The van der Waals surface area contributed by atoms with E-state index in [1.54, 1.807) is 48.5 Å². The van der Waals surface area contributed by atoms with E-state index < -0.39 is 5.63 Å². The molecular weight excluding hydrogens is 524 g/mol. The summed E-state index contributed by atoms with van der Waals surface area (Å²) in [5.41, 5.74) is 1.77. The first kappa shape index (κ1) is 19.9. The number of rotatable bonds is 3. The fraction of sp³-hybridized carbons (Fsp3) is 0. The number of carbonyl (C=O) groups excluding carboxylic acids is 1. The van der Waals surface area contributed by atoms with Gasteiger partial charge in [-0.25, -0.2) is 4.79 Å². The van der Waals surface area contributed by atoms with E-state index in [-0.39, 0.29) is 5.91 Å². The van der Waals surface area contributed by atoms with Gasteiger partial charge < -0.3 is 9.73 Å². The van der Waals surface area contributed by atoms with E-state index in [4.69, 9.17) is 27.6 Å². The predicted molar refractivity (Wildman–Crippen MR) is 125 cm³/mol. The maximum absolute atomic E-state index is 12.5. The number of carbonyl (C=O) groups is 1. The zero-order chi connectivity index (χ0) is 20.5. The average Bonchev–Trinajstić information content (AvgIpc) is 2.69. The third-order valence-electron chi connectivity index (χ3n) is 4.33. The molecule has 4 rings (SSSR count). The Balaban J connectivity index is 1.67. The van der Waals surface area contributed by atoms with Crippen LogP contribution in [0.15, 0.2) is 75.9 Å². The van der Waals surface area contributed by atoms with Gasteiger partial charge in [0.05, 0.1) is 21.2 Å². The van der Waals surface area contributed by atoms with Crippen molar-refractivity contribution < 1.29 is 9.21 Å². The smallest absolute Gasteiger partial charge is 0.344 e. The number of halogens is 3. The Hall–Kier alpha value is -2.35. The highest BCUT2D eigenvalue weighted by atomic mass is 127. The molecule has 4 nitrogen and oxygen atoms in total. The highest BCUT2D eigenvalue weighted by Crippen LogP contribution is 2.30. The molecule has 1 aromatic heterocycles. The first-order valence-electron chi connectivity index (χ1n) is 8.51. The molecule has 0 unspecified atom stereocenters. The second-order valence-electron chi connectivity index (χ2n) is 6.26. The fourth-order valence-corrected chi connectivity index (χ4v) is 3.91. The van der Waals surface area contributed by atoms with Crippen LogP contribution in [-0.4, -0.2) is 5.91 Å². The molecule has 7 heteroatoms. The Labute approximate surface area is 189 Å². The maximum Gasteiger partial charge on any atom is 0.344 e. The fourth-order valence-electron chi connectivity index (χ4n) is 2.93. The number of amides is 1. The Morgan fingerprint density at radius 2 is 1.69 bits per heavy atom. The van der Waals surface area contributed by atoms with Gasteiger partial charge in [-0.05, 0) is 65.1 Å². The second kappa shape index (κ2) is 8.18. The molecule has 0 atom stereocenters. The minimum atomic E-state index is -0.479. The monoisotopic (exact) mass is 535 g/mol. The zero-order valence-electron chi connectivity index (χ0n) is 14.7. The van der Waals surface area contributed by atoms with E-state index in [0.29, 0.717) is 38.0 Å². The molecule has 144 valence electrons. The van der Waals surface area contributed by atoms with Crippen LogP contribution in [0.5, 0.6) is 0 Å². The first-order valence-corrected chi connectivity index (χ1v) is 10.3. The summed E-state index contributed by atoms with van der Waals surface area (Å²) in [6, 6.07) is 19.1. The minimum Gasteiger partial charge on any atom is -0.422 e. The number of benzene rings is 3. The van der Waals surface area contributed by atoms with Crippen molar-refractivity contribution >= 4 is 68.4 Å². The van der Waals surface area contributed by atoms with E-state index in [1.807, 2.05) is 18.2 Å². The molecule has 0 saturated heterocycles. The van der Waals surface area contributed by atoms with E-state index in [0.717, 1.165) is 8.96 Å². The van der Waals surface area contributed by atoms with Gasteiger partial charge in [0, 0.05) is 20.2 Å². The van der Waals surface area contributed by atoms with Gasteiger partial charge in [0.15, 0.2) is 0 Å². The number of hydrogen-bond donors (Lipinski definition) is 1. The van der Waals surface area contributed by atoms with Gasteiger partial charge >= 0.3 is 5.63 Å². The quantitative estimate of drug-likeness (QED) is 0.237. The predicted octanol–water partition coefficient (Wildman–Crippen LogP) is 6.62. The molecular formula is C22H12Cl2INO3. The van der Waals surface area contributed by atoms with Crippen LogP contribution in [0.2, 0.25) is 10.0 Å². The van der Waals surface area contributed by atoms with Crippen LogP contribution in [0.3, 0.4) is 0 Å². The van der Waals surface area contributed by atoms with Crippen molar-refractivity contribution in [2.75, 3.05) is 5.32 Å².